The third-order valence-electron chi connectivity index (χ3n) is 5.05. The molecule has 0 radical (unpaired) electrons. The van der Waals surface area contributed by atoms with Gasteiger partial charge in [0.15, 0.2) is 17.1 Å². The molecule has 0 aliphatic heterocycles. The summed E-state index contributed by atoms with van der Waals surface area (Å²) in [5.74, 6) is 0.168. The van der Waals surface area contributed by atoms with Crippen LogP contribution in [-0.2, 0) is 4.79 Å². The van der Waals surface area contributed by atoms with Gasteiger partial charge in [-0.15, -0.1) is 4.59 Å². The van der Waals surface area contributed by atoms with Crippen LogP contribution in [0.1, 0.15) is 13.3 Å². The molecule has 0 bridgehead atoms. The molecule has 0 aliphatic rings. The number of nitrogens with zero attached hydrogens (tertiary/aromatic N) is 2. The van der Waals surface area contributed by atoms with Gasteiger partial charge in [-0.3, -0.25) is 0 Å². The predicted octanol–water partition coefficient (Wildman–Crippen LogP) is 5.59. The maximum Gasteiger partial charge on any atom is 0.360 e. The molecular weight excluding hydrogens is 320 g/mol. The van der Waals surface area contributed by atoms with E-state index < -0.39 is 0 Å². The summed E-state index contributed by atoms with van der Waals surface area (Å²) in [7, 11) is 4.00. The van der Waals surface area contributed by atoms with Crippen molar-refractivity contribution >= 4 is 23.0 Å². The van der Waals surface area contributed by atoms with Crippen LogP contribution in [0.5, 0.6) is 0 Å². The Labute approximate surface area is 155 Å². The summed E-state index contributed by atoms with van der Waals surface area (Å²) in [6.45, 7) is 1.93. The summed E-state index contributed by atoms with van der Waals surface area (Å²) in [6, 6.07) is 30.8. The van der Waals surface area contributed by atoms with Crippen molar-refractivity contribution in [3.63, 3.8) is 0 Å². The predicted molar refractivity (Wildman–Crippen MR) is 108 cm³/mol. The Balaban J connectivity index is 2.46. The lowest BCUT2D eigenvalue weighted by Gasteiger charge is -2.46. The lowest BCUT2D eigenvalue weighted by Crippen LogP contribution is -2.67. The first kappa shape index (κ1) is 18.1. The molecule has 3 heteroatoms. The molecule has 0 saturated heterocycles. The van der Waals surface area contributed by atoms with Crippen molar-refractivity contribution in [1.29, 1.82) is 0 Å². The molecule has 0 aliphatic carbocycles. The van der Waals surface area contributed by atoms with Gasteiger partial charge in [0.1, 0.15) is 14.1 Å². The Bertz CT molecular complexity index is 762. The first-order valence-corrected chi connectivity index (χ1v) is 8.99. The van der Waals surface area contributed by atoms with Crippen molar-refractivity contribution < 1.29 is 9.39 Å². The highest BCUT2D eigenvalue weighted by molar-refractivity contribution is 5.75. The van der Waals surface area contributed by atoms with Gasteiger partial charge in [-0.1, -0.05) is 66.1 Å². The zero-order valence-electron chi connectivity index (χ0n) is 15.7. The molecule has 0 saturated carbocycles. The van der Waals surface area contributed by atoms with Crippen molar-refractivity contribution in [2.45, 2.75) is 13.3 Å². The fraction of sp³-hybridized carbons (Fsp3) is 0.174. The molecule has 3 aromatic carbocycles. The number of benzene rings is 3. The first-order chi connectivity index (χ1) is 12.5. The average molecular weight is 346 g/mol. The summed E-state index contributed by atoms with van der Waals surface area (Å²) in [6.07, 6.45) is 0.472. The Morgan fingerprint density at radius 2 is 0.962 bits per heavy atom. The van der Waals surface area contributed by atoms with Crippen LogP contribution in [0.25, 0.3) is 0 Å². The Kier molecular flexibility index (Phi) is 5.03. The van der Waals surface area contributed by atoms with Crippen LogP contribution in [0, 0.1) is 0 Å². The molecule has 26 heavy (non-hydrogen) atoms. The summed E-state index contributed by atoms with van der Waals surface area (Å²) in [5, 5.41) is 0. The average Bonchev–Trinajstić information content (AvgIpc) is 2.70. The summed E-state index contributed by atoms with van der Waals surface area (Å²) < 4.78 is 0.462. The molecule has 3 aromatic rings. The molecule has 0 N–H and O–H groups in total. The minimum absolute atomic E-state index is 0.161. The van der Waals surface area contributed by atoms with Crippen LogP contribution in [0.3, 0.4) is 0 Å². The van der Waals surface area contributed by atoms with E-state index in [4.69, 9.17) is 0 Å². The molecular formula is C23H26N2O+2. The number of hydrogen-bond acceptors (Lipinski definition) is 1. The monoisotopic (exact) mass is 346 g/mol. The molecule has 1 amide bonds. The molecule has 0 unspecified atom stereocenters. The topological polar surface area (TPSA) is 17.1 Å². The summed E-state index contributed by atoms with van der Waals surface area (Å²) in [5.41, 5.74) is 3.16. The van der Waals surface area contributed by atoms with E-state index in [1.165, 1.54) is 0 Å². The van der Waals surface area contributed by atoms with E-state index >= 15 is 0 Å². The minimum Gasteiger partial charge on any atom is -0.225 e. The molecule has 0 heterocycles. The second-order valence-corrected chi connectivity index (χ2v) is 6.78. The van der Waals surface area contributed by atoms with Crippen LogP contribution in [0.4, 0.5) is 17.1 Å². The van der Waals surface area contributed by atoms with Gasteiger partial charge < -0.3 is 0 Å². The number of rotatable bonds is 5. The Hall–Kier alpha value is -2.75. The van der Waals surface area contributed by atoms with E-state index in [0.717, 1.165) is 17.1 Å². The van der Waals surface area contributed by atoms with E-state index in [9.17, 15) is 4.79 Å². The molecule has 0 atom stereocenters. The van der Waals surface area contributed by atoms with Crippen LogP contribution in [0.2, 0.25) is 0 Å². The third-order valence-corrected chi connectivity index (χ3v) is 5.05. The number of para-hydroxylation sites is 3. The van der Waals surface area contributed by atoms with E-state index in [1.54, 1.807) is 0 Å². The Morgan fingerprint density at radius 3 is 1.23 bits per heavy atom. The molecule has 132 valence electrons. The maximum absolute atomic E-state index is 13.2. The van der Waals surface area contributed by atoms with E-state index in [0.29, 0.717) is 11.0 Å². The van der Waals surface area contributed by atoms with Crippen molar-refractivity contribution in [2.75, 3.05) is 14.1 Å². The largest absolute Gasteiger partial charge is 0.360 e. The number of hydrogen-bond donors (Lipinski definition) is 0. The van der Waals surface area contributed by atoms with Crippen molar-refractivity contribution in [3.05, 3.63) is 91.0 Å². The number of carbonyl (C=O) groups is 1. The zero-order valence-corrected chi connectivity index (χ0v) is 15.7. The third kappa shape index (κ3) is 2.75. The van der Waals surface area contributed by atoms with Crippen LogP contribution in [-0.4, -0.2) is 24.6 Å². The first-order valence-electron chi connectivity index (χ1n) is 8.99. The summed E-state index contributed by atoms with van der Waals surface area (Å²) in [4.78, 5) is 13.2. The van der Waals surface area contributed by atoms with Gasteiger partial charge in [0.25, 0.3) is 0 Å². The second-order valence-electron chi connectivity index (χ2n) is 6.78. The highest BCUT2D eigenvalue weighted by Gasteiger charge is 2.54. The number of carbonyl (C=O) groups excluding carboxylic acids is 1. The standard InChI is InChI=1S/C23H26N2O/c1-4-23(26)24(2,3)25(20-14-8-5-9-15-20,21-16-10-6-11-17-21)22-18-12-7-13-19-22/h5-19H,4H2,1-3H3/q+2. The smallest absolute Gasteiger partial charge is 0.225 e. The second kappa shape index (κ2) is 7.24. The lowest BCUT2D eigenvalue weighted by molar-refractivity contribution is -0.902. The van der Waals surface area contributed by atoms with Crippen LogP contribution < -0.4 is 4.59 Å². The molecule has 0 fully saturated rings. The Morgan fingerprint density at radius 1 is 0.654 bits per heavy atom. The minimum atomic E-state index is 0.161. The van der Waals surface area contributed by atoms with Gasteiger partial charge in [0, 0.05) is 36.4 Å². The molecule has 0 aromatic heterocycles. The maximum atomic E-state index is 13.2. The fourth-order valence-electron chi connectivity index (χ4n) is 3.80. The highest BCUT2D eigenvalue weighted by Crippen LogP contribution is 2.47. The van der Waals surface area contributed by atoms with E-state index in [-0.39, 0.29) is 10.5 Å². The zero-order chi connectivity index (χ0) is 18.6. The summed E-state index contributed by atoms with van der Waals surface area (Å²) >= 11 is 0. The molecule has 3 nitrogen and oxygen atoms in total. The van der Waals surface area contributed by atoms with Crippen LogP contribution in [0.15, 0.2) is 91.0 Å². The van der Waals surface area contributed by atoms with Crippen molar-refractivity contribution in [2.24, 2.45) is 0 Å². The van der Waals surface area contributed by atoms with Gasteiger partial charge in [-0.05, 0) is 0 Å². The van der Waals surface area contributed by atoms with Crippen molar-refractivity contribution in [1.82, 2.24) is 4.59 Å². The molecule has 3 rings (SSSR count). The number of amides is 1. The lowest BCUT2D eigenvalue weighted by atomic mass is 10.1. The van der Waals surface area contributed by atoms with Gasteiger partial charge in [-0.2, -0.15) is 0 Å². The highest BCUT2D eigenvalue weighted by atomic mass is 16.2. The van der Waals surface area contributed by atoms with E-state index in [2.05, 4.69) is 36.4 Å². The van der Waals surface area contributed by atoms with E-state index in [1.807, 2.05) is 75.6 Å². The van der Waals surface area contributed by atoms with Gasteiger partial charge >= 0.3 is 5.91 Å². The van der Waals surface area contributed by atoms with Gasteiger partial charge in [-0.25, -0.2) is 4.79 Å². The van der Waals surface area contributed by atoms with Gasteiger partial charge in [0.2, 0.25) is 0 Å². The van der Waals surface area contributed by atoms with Gasteiger partial charge in [0.05, 0.1) is 6.42 Å². The fourth-order valence-corrected chi connectivity index (χ4v) is 3.80. The normalized spacial score (nSPS) is 12.0. The quantitative estimate of drug-likeness (QED) is 0.435. The van der Waals surface area contributed by atoms with Crippen LogP contribution >= 0.6 is 0 Å². The SMILES string of the molecule is CCC(=O)[N+](C)(C)[N+](c1ccccc1)(c1ccccc1)c1ccccc1. The number of quaternary nitrogens is 2. The van der Waals surface area contributed by atoms with Crippen molar-refractivity contribution in [3.8, 4) is 0 Å². The molecule has 0 spiro atoms.